The summed E-state index contributed by atoms with van der Waals surface area (Å²) in [6, 6.07) is 10.3. The molecule has 0 bridgehead atoms. The van der Waals surface area contributed by atoms with Crippen LogP contribution in [0.3, 0.4) is 0 Å². The van der Waals surface area contributed by atoms with Gasteiger partial charge in [-0.05, 0) is 50.3 Å². The Kier molecular flexibility index (Phi) is 5.58. The molecule has 6 nitrogen and oxygen atoms in total. The third-order valence-corrected chi connectivity index (χ3v) is 5.47. The number of hydrogen-bond donors (Lipinski definition) is 0. The molecule has 29 heavy (non-hydrogen) atoms. The van der Waals surface area contributed by atoms with Gasteiger partial charge in [-0.1, -0.05) is 12.1 Å². The molecule has 1 amide bonds. The molecule has 4 rings (SSSR count). The number of rotatable bonds is 6. The number of halogens is 1. The number of fused-ring (bicyclic) bond motifs is 1. The number of likely N-dealkylation sites (N-methyl/N-ethyl adjacent to an activating group) is 1. The number of carbonyl (C=O) groups excluding carboxylic acids is 1. The summed E-state index contributed by atoms with van der Waals surface area (Å²) in [4.78, 5) is 21.2. The lowest BCUT2D eigenvalue weighted by molar-refractivity contribution is -0.129. The van der Waals surface area contributed by atoms with Gasteiger partial charge in [0.1, 0.15) is 5.82 Å². The molecule has 1 saturated heterocycles. The lowest BCUT2D eigenvalue weighted by atomic mass is 10.0. The monoisotopic (exact) mass is 395 g/mol. The van der Waals surface area contributed by atoms with Crippen LogP contribution in [-0.4, -0.2) is 64.2 Å². The van der Waals surface area contributed by atoms with Gasteiger partial charge >= 0.3 is 0 Å². The van der Waals surface area contributed by atoms with Crippen LogP contribution in [-0.2, 0) is 17.8 Å². The van der Waals surface area contributed by atoms with E-state index in [2.05, 4.69) is 16.0 Å². The van der Waals surface area contributed by atoms with Gasteiger partial charge in [0.25, 0.3) is 0 Å². The number of hydrogen-bond acceptors (Lipinski definition) is 4. The van der Waals surface area contributed by atoms with Crippen molar-refractivity contribution in [2.45, 2.75) is 25.3 Å². The lowest BCUT2D eigenvalue weighted by Crippen LogP contribution is -2.30. The highest BCUT2D eigenvalue weighted by molar-refractivity contribution is 5.81. The van der Waals surface area contributed by atoms with E-state index in [1.54, 1.807) is 18.3 Å². The Labute approximate surface area is 169 Å². The van der Waals surface area contributed by atoms with E-state index in [9.17, 15) is 9.18 Å². The molecule has 1 aliphatic heterocycles. The van der Waals surface area contributed by atoms with Crippen molar-refractivity contribution in [3.05, 3.63) is 59.7 Å². The van der Waals surface area contributed by atoms with Gasteiger partial charge in [0.15, 0.2) is 5.65 Å². The van der Waals surface area contributed by atoms with Crippen molar-refractivity contribution < 1.29 is 9.18 Å². The molecule has 3 aromatic rings. The first kappa shape index (κ1) is 19.5. The summed E-state index contributed by atoms with van der Waals surface area (Å²) in [6.07, 6.45) is 2.90. The minimum Gasteiger partial charge on any atom is -0.342 e. The number of likely N-dealkylation sites (tertiary alicyclic amines) is 1. The Morgan fingerprint density at radius 2 is 2.14 bits per heavy atom. The fourth-order valence-corrected chi connectivity index (χ4v) is 3.93. The Hall–Kier alpha value is -2.80. The predicted molar refractivity (Wildman–Crippen MR) is 110 cm³/mol. The second-order valence-electron chi connectivity index (χ2n) is 7.92. The van der Waals surface area contributed by atoms with Crippen LogP contribution < -0.4 is 0 Å². The molecule has 1 fully saturated rings. The van der Waals surface area contributed by atoms with Crippen molar-refractivity contribution in [1.82, 2.24) is 24.6 Å². The number of pyridine rings is 1. The average Bonchev–Trinajstić information content (AvgIpc) is 3.31. The van der Waals surface area contributed by atoms with Crippen LogP contribution in [0.4, 0.5) is 4.39 Å². The number of benzene rings is 1. The van der Waals surface area contributed by atoms with E-state index in [4.69, 9.17) is 5.10 Å². The highest BCUT2D eigenvalue weighted by Gasteiger charge is 2.30. The summed E-state index contributed by atoms with van der Waals surface area (Å²) in [6.45, 7) is 3.00. The molecular formula is C22H26FN5O. The molecule has 1 aromatic carbocycles. The van der Waals surface area contributed by atoms with Crippen LogP contribution in [0, 0.1) is 5.82 Å². The van der Waals surface area contributed by atoms with Crippen LogP contribution in [0.1, 0.15) is 23.6 Å². The van der Waals surface area contributed by atoms with E-state index in [1.807, 2.05) is 29.7 Å². The van der Waals surface area contributed by atoms with Crippen LogP contribution in [0.15, 0.2) is 42.6 Å². The highest BCUT2D eigenvalue weighted by Crippen LogP contribution is 2.31. The van der Waals surface area contributed by atoms with E-state index < -0.39 is 0 Å². The van der Waals surface area contributed by atoms with Gasteiger partial charge in [-0.25, -0.2) is 14.1 Å². The highest BCUT2D eigenvalue weighted by atomic mass is 19.1. The predicted octanol–water partition coefficient (Wildman–Crippen LogP) is 2.69. The minimum absolute atomic E-state index is 0.0348. The van der Waals surface area contributed by atoms with Gasteiger partial charge in [-0.3, -0.25) is 4.79 Å². The van der Waals surface area contributed by atoms with E-state index in [0.29, 0.717) is 18.7 Å². The van der Waals surface area contributed by atoms with E-state index in [0.717, 1.165) is 36.2 Å². The van der Waals surface area contributed by atoms with Crippen molar-refractivity contribution >= 4 is 16.9 Å². The molecule has 0 unspecified atom stereocenters. The van der Waals surface area contributed by atoms with Crippen LogP contribution in [0.5, 0.6) is 0 Å². The molecule has 1 aliphatic rings. The lowest BCUT2D eigenvalue weighted by Gasteiger charge is -2.16. The Bertz CT molecular complexity index is 1020. The van der Waals surface area contributed by atoms with Crippen LogP contribution in [0.25, 0.3) is 11.0 Å². The molecular weight excluding hydrogens is 369 g/mol. The average molecular weight is 395 g/mol. The first-order chi connectivity index (χ1) is 14.0. The van der Waals surface area contributed by atoms with Gasteiger partial charge < -0.3 is 9.80 Å². The topological polar surface area (TPSA) is 54.3 Å². The molecule has 0 saturated carbocycles. The molecule has 2 aromatic heterocycles. The molecule has 0 N–H and O–H groups in total. The summed E-state index contributed by atoms with van der Waals surface area (Å²) in [5.41, 5.74) is 2.63. The maximum Gasteiger partial charge on any atom is 0.227 e. The summed E-state index contributed by atoms with van der Waals surface area (Å²) >= 11 is 0. The standard InChI is InChI=1S/C22H26FN5O/c1-26(2)11-12-28-22-19(7-4-9-24-22)21(25-28)17-8-10-27(15-17)20(29)14-16-5-3-6-18(23)13-16/h3-7,9,13,17H,8,10-12,14-15H2,1-2H3/t17-/m1/s1. The molecule has 7 heteroatoms. The zero-order valence-electron chi connectivity index (χ0n) is 16.9. The van der Waals surface area contributed by atoms with Crippen molar-refractivity contribution in [2.24, 2.45) is 0 Å². The summed E-state index contributed by atoms with van der Waals surface area (Å²) < 4.78 is 15.4. The fraction of sp³-hybridized carbons (Fsp3) is 0.409. The number of aromatic nitrogens is 3. The molecule has 0 spiro atoms. The third kappa shape index (κ3) is 4.29. The maximum absolute atomic E-state index is 13.4. The third-order valence-electron chi connectivity index (χ3n) is 5.47. The molecule has 1 atom stereocenters. The van der Waals surface area contributed by atoms with E-state index in [1.165, 1.54) is 12.1 Å². The van der Waals surface area contributed by atoms with Gasteiger partial charge in [0, 0.05) is 37.1 Å². The second kappa shape index (κ2) is 8.29. The maximum atomic E-state index is 13.4. The first-order valence-electron chi connectivity index (χ1n) is 9.99. The zero-order chi connectivity index (χ0) is 20.4. The Balaban J connectivity index is 1.50. The van der Waals surface area contributed by atoms with Crippen molar-refractivity contribution in [1.29, 1.82) is 0 Å². The van der Waals surface area contributed by atoms with Crippen LogP contribution in [0.2, 0.25) is 0 Å². The van der Waals surface area contributed by atoms with Crippen molar-refractivity contribution in [3.8, 4) is 0 Å². The normalized spacial score (nSPS) is 16.8. The van der Waals surface area contributed by atoms with E-state index in [-0.39, 0.29) is 24.1 Å². The van der Waals surface area contributed by atoms with Crippen molar-refractivity contribution in [3.63, 3.8) is 0 Å². The molecule has 152 valence electrons. The largest absolute Gasteiger partial charge is 0.342 e. The SMILES string of the molecule is CN(C)CCn1nc([C@@H]2CCN(C(=O)Cc3cccc(F)c3)C2)c2cccnc21. The number of carbonyl (C=O) groups is 1. The fourth-order valence-electron chi connectivity index (χ4n) is 3.93. The zero-order valence-corrected chi connectivity index (χ0v) is 16.9. The Morgan fingerprint density at radius 3 is 2.93 bits per heavy atom. The minimum atomic E-state index is -0.308. The second-order valence-corrected chi connectivity index (χ2v) is 7.92. The first-order valence-corrected chi connectivity index (χ1v) is 9.99. The quantitative estimate of drug-likeness (QED) is 0.644. The number of amides is 1. The van der Waals surface area contributed by atoms with Crippen molar-refractivity contribution in [2.75, 3.05) is 33.7 Å². The van der Waals surface area contributed by atoms with E-state index >= 15 is 0 Å². The summed E-state index contributed by atoms with van der Waals surface area (Å²) in [5, 5.41) is 5.94. The van der Waals surface area contributed by atoms with Gasteiger partial charge in [0.05, 0.1) is 18.7 Å². The summed E-state index contributed by atoms with van der Waals surface area (Å²) in [7, 11) is 4.08. The van der Waals surface area contributed by atoms with Gasteiger partial charge in [-0.15, -0.1) is 0 Å². The molecule has 0 aliphatic carbocycles. The number of nitrogens with zero attached hydrogens (tertiary/aromatic N) is 5. The molecule has 3 heterocycles. The smallest absolute Gasteiger partial charge is 0.227 e. The molecule has 0 radical (unpaired) electrons. The van der Waals surface area contributed by atoms with Gasteiger partial charge in [0.2, 0.25) is 5.91 Å². The van der Waals surface area contributed by atoms with Gasteiger partial charge in [-0.2, -0.15) is 5.10 Å². The Morgan fingerprint density at radius 1 is 1.28 bits per heavy atom. The van der Waals surface area contributed by atoms with Crippen LogP contribution >= 0.6 is 0 Å². The summed E-state index contributed by atoms with van der Waals surface area (Å²) in [5.74, 6) is -0.0804.